The Balaban J connectivity index is 1.42. The second-order valence-corrected chi connectivity index (χ2v) is 9.10. The lowest BCUT2D eigenvalue weighted by molar-refractivity contribution is -0.152. The first-order valence-electron chi connectivity index (χ1n) is 10.1. The fourth-order valence-corrected chi connectivity index (χ4v) is 5.33. The molecule has 0 spiro atoms. The number of nitrogens with zero attached hydrogens (tertiary/aromatic N) is 3. The third-order valence-corrected chi connectivity index (χ3v) is 7.00. The molecule has 0 bridgehead atoms. The third-order valence-electron chi connectivity index (χ3n) is 5.21. The lowest BCUT2D eigenvalue weighted by Gasteiger charge is -2.24. The van der Waals surface area contributed by atoms with Crippen LogP contribution in [-0.4, -0.2) is 46.0 Å². The Kier molecular flexibility index (Phi) is 6.59. The molecule has 4 heterocycles. The fraction of sp³-hybridized carbons (Fsp3) is 0.429. The van der Waals surface area contributed by atoms with E-state index < -0.39 is 5.97 Å². The van der Waals surface area contributed by atoms with Gasteiger partial charge in [0.1, 0.15) is 11.4 Å². The Morgan fingerprint density at radius 1 is 1.10 bits per heavy atom. The normalized spacial score (nSPS) is 15.0. The lowest BCUT2D eigenvalue weighted by Crippen LogP contribution is -2.37. The van der Waals surface area contributed by atoms with Gasteiger partial charge in [-0.25, -0.2) is 4.98 Å². The predicted molar refractivity (Wildman–Crippen MR) is 118 cm³/mol. The smallest absolute Gasteiger partial charge is 0.326 e. The van der Waals surface area contributed by atoms with Crippen molar-refractivity contribution in [1.29, 1.82) is 0 Å². The van der Waals surface area contributed by atoms with Gasteiger partial charge in [-0.1, -0.05) is 25.3 Å². The summed E-state index contributed by atoms with van der Waals surface area (Å²) in [5.74, 6) is -0.796. The molecule has 9 heteroatoms. The van der Waals surface area contributed by atoms with Gasteiger partial charge in [0.15, 0.2) is 6.61 Å². The Morgan fingerprint density at radius 3 is 2.60 bits per heavy atom. The molecule has 1 amide bonds. The molecule has 0 saturated carbocycles. The van der Waals surface area contributed by atoms with Gasteiger partial charge in [0.2, 0.25) is 0 Å². The van der Waals surface area contributed by atoms with Crippen LogP contribution in [0, 0.1) is 0 Å². The van der Waals surface area contributed by atoms with Crippen molar-refractivity contribution in [2.24, 2.45) is 0 Å². The highest BCUT2D eigenvalue weighted by molar-refractivity contribution is 7.18. The first-order chi connectivity index (χ1) is 14.6. The van der Waals surface area contributed by atoms with E-state index in [9.17, 15) is 14.4 Å². The van der Waals surface area contributed by atoms with Crippen molar-refractivity contribution in [3.05, 3.63) is 39.6 Å². The van der Waals surface area contributed by atoms with Crippen LogP contribution in [0.2, 0.25) is 0 Å². The zero-order valence-corrected chi connectivity index (χ0v) is 18.2. The van der Waals surface area contributed by atoms with Crippen molar-refractivity contribution in [3.63, 3.8) is 0 Å². The summed E-state index contributed by atoms with van der Waals surface area (Å²) in [4.78, 5) is 45.3. The van der Waals surface area contributed by atoms with Gasteiger partial charge in [-0.3, -0.25) is 19.0 Å². The maximum Gasteiger partial charge on any atom is 0.326 e. The van der Waals surface area contributed by atoms with E-state index >= 15 is 0 Å². The molecule has 1 aliphatic rings. The van der Waals surface area contributed by atoms with E-state index in [1.54, 1.807) is 16.2 Å². The van der Waals surface area contributed by atoms with E-state index in [4.69, 9.17) is 4.74 Å². The van der Waals surface area contributed by atoms with Gasteiger partial charge in [-0.05, 0) is 24.3 Å². The van der Waals surface area contributed by atoms with Crippen LogP contribution in [0.4, 0.5) is 0 Å². The van der Waals surface area contributed by atoms with Gasteiger partial charge >= 0.3 is 5.97 Å². The fourth-order valence-electron chi connectivity index (χ4n) is 3.61. The van der Waals surface area contributed by atoms with Crippen LogP contribution in [0.15, 0.2) is 34.0 Å². The Hall–Kier alpha value is -2.52. The van der Waals surface area contributed by atoms with E-state index in [-0.39, 0.29) is 24.6 Å². The quantitative estimate of drug-likeness (QED) is 0.561. The summed E-state index contributed by atoms with van der Waals surface area (Å²) in [6.45, 7) is 0.858. The number of carbonyl (C=O) groups excluding carboxylic acids is 2. The summed E-state index contributed by atoms with van der Waals surface area (Å²) in [7, 11) is 0. The number of aromatic nitrogens is 2. The van der Waals surface area contributed by atoms with Crippen LogP contribution in [0.3, 0.4) is 0 Å². The van der Waals surface area contributed by atoms with Gasteiger partial charge in [-0.2, -0.15) is 0 Å². The average Bonchev–Trinajstić information content (AvgIpc) is 3.37. The summed E-state index contributed by atoms with van der Waals surface area (Å²) in [6.07, 6.45) is 6.78. The molecule has 7 nitrogen and oxygen atoms in total. The molecule has 0 aliphatic carbocycles. The van der Waals surface area contributed by atoms with E-state index in [0.29, 0.717) is 23.3 Å². The highest BCUT2D eigenvalue weighted by Gasteiger charge is 2.18. The number of ether oxygens (including phenoxy) is 1. The maximum atomic E-state index is 12.9. The van der Waals surface area contributed by atoms with E-state index in [1.807, 2.05) is 22.9 Å². The first kappa shape index (κ1) is 20.7. The van der Waals surface area contributed by atoms with Gasteiger partial charge in [0.25, 0.3) is 11.5 Å². The van der Waals surface area contributed by atoms with E-state index in [1.165, 1.54) is 28.7 Å². The number of hydrogen-bond acceptors (Lipinski definition) is 7. The van der Waals surface area contributed by atoms with Gasteiger partial charge in [0.05, 0.1) is 11.7 Å². The van der Waals surface area contributed by atoms with Crippen molar-refractivity contribution in [1.82, 2.24) is 14.5 Å². The second-order valence-electron chi connectivity index (χ2n) is 7.29. The summed E-state index contributed by atoms with van der Waals surface area (Å²) in [5, 5.41) is 4.37. The molecule has 0 radical (unpaired) electrons. The van der Waals surface area contributed by atoms with Crippen molar-refractivity contribution in [2.45, 2.75) is 38.6 Å². The Bertz CT molecular complexity index is 1080. The van der Waals surface area contributed by atoms with Crippen LogP contribution in [-0.2, 0) is 20.9 Å². The largest absolute Gasteiger partial charge is 0.454 e. The van der Waals surface area contributed by atoms with E-state index in [2.05, 4.69) is 4.98 Å². The Morgan fingerprint density at radius 2 is 1.87 bits per heavy atom. The summed E-state index contributed by atoms with van der Waals surface area (Å²) >= 11 is 2.95. The number of hydrogen-bond donors (Lipinski definition) is 0. The minimum atomic E-state index is -0.619. The van der Waals surface area contributed by atoms with E-state index in [0.717, 1.165) is 36.1 Å². The molecule has 0 unspecified atom stereocenters. The SMILES string of the molecule is O=C(Cn1cnc2scc(-c3cccs3)c2c1=O)OCC(=O)N1CCCCCCC1. The molecule has 1 fully saturated rings. The number of likely N-dealkylation sites (tertiary alicyclic amines) is 1. The number of esters is 1. The van der Waals surface area contributed by atoms with Gasteiger partial charge < -0.3 is 9.64 Å². The lowest BCUT2D eigenvalue weighted by atomic mass is 10.1. The summed E-state index contributed by atoms with van der Waals surface area (Å²) < 4.78 is 6.42. The van der Waals surface area contributed by atoms with Crippen LogP contribution < -0.4 is 5.56 Å². The molecule has 1 saturated heterocycles. The van der Waals surface area contributed by atoms with Crippen molar-refractivity contribution in [3.8, 4) is 10.4 Å². The molecule has 4 rings (SSSR count). The molecule has 0 N–H and O–H groups in total. The number of fused-ring (bicyclic) bond motifs is 1. The molecule has 0 aromatic carbocycles. The standard InChI is InChI=1S/C21H23N3O4S2/c25-17(23-8-4-2-1-3-5-9-23)12-28-18(26)11-24-14-22-20-19(21(24)27)15(13-30-20)16-7-6-10-29-16/h6-7,10,13-14H,1-5,8-9,11-12H2. The summed E-state index contributed by atoms with van der Waals surface area (Å²) in [5.41, 5.74) is 0.550. The topological polar surface area (TPSA) is 81.5 Å². The molecule has 0 atom stereocenters. The number of carbonyl (C=O) groups is 2. The molecule has 1 aliphatic heterocycles. The number of rotatable bonds is 5. The molecule has 30 heavy (non-hydrogen) atoms. The molecular formula is C21H23N3O4S2. The minimum Gasteiger partial charge on any atom is -0.454 e. The predicted octanol–water partition coefficient (Wildman–Crippen LogP) is 3.52. The molecular weight excluding hydrogens is 422 g/mol. The van der Waals surface area contributed by atoms with Crippen LogP contribution in [0.5, 0.6) is 0 Å². The number of thiophene rings is 2. The zero-order valence-electron chi connectivity index (χ0n) is 16.5. The van der Waals surface area contributed by atoms with Crippen molar-refractivity contribution < 1.29 is 14.3 Å². The zero-order chi connectivity index (χ0) is 20.9. The van der Waals surface area contributed by atoms with Gasteiger partial charge in [0, 0.05) is 28.9 Å². The number of amides is 1. The second kappa shape index (κ2) is 9.53. The molecule has 3 aromatic rings. The van der Waals surface area contributed by atoms with Crippen molar-refractivity contribution in [2.75, 3.05) is 19.7 Å². The van der Waals surface area contributed by atoms with Crippen LogP contribution >= 0.6 is 22.7 Å². The highest BCUT2D eigenvalue weighted by atomic mass is 32.1. The first-order valence-corrected chi connectivity index (χ1v) is 11.8. The Labute approximate surface area is 181 Å². The van der Waals surface area contributed by atoms with Crippen molar-refractivity contribution >= 4 is 44.8 Å². The molecule has 158 valence electrons. The maximum absolute atomic E-state index is 12.9. The van der Waals surface area contributed by atoms with Crippen LogP contribution in [0.25, 0.3) is 20.7 Å². The molecule has 3 aromatic heterocycles. The van der Waals surface area contributed by atoms with Gasteiger partial charge in [-0.15, -0.1) is 22.7 Å². The third kappa shape index (κ3) is 4.62. The monoisotopic (exact) mass is 445 g/mol. The average molecular weight is 446 g/mol. The highest BCUT2D eigenvalue weighted by Crippen LogP contribution is 2.33. The minimum absolute atomic E-state index is 0.177. The summed E-state index contributed by atoms with van der Waals surface area (Å²) in [6, 6.07) is 3.88. The van der Waals surface area contributed by atoms with Crippen LogP contribution in [0.1, 0.15) is 32.1 Å².